The number of nitrogens with zero attached hydrogens (tertiary/aromatic N) is 3. The minimum atomic E-state index is -3.54. The largest absolute Gasteiger partial charge is 0.341 e. The van der Waals surface area contributed by atoms with Crippen LogP contribution in [0.2, 0.25) is 0 Å². The number of hydrogen-bond acceptors (Lipinski definition) is 6. The van der Waals surface area contributed by atoms with Crippen LogP contribution < -0.4 is 14.9 Å². The van der Waals surface area contributed by atoms with Gasteiger partial charge in [0.25, 0.3) is 0 Å². The molecular weight excluding hydrogens is 438 g/mol. The Kier molecular flexibility index (Phi) is 7.29. The molecule has 1 aliphatic carbocycles. The fraction of sp³-hybridized carbons (Fsp3) is 0.542. The number of sulfonamides is 1. The van der Waals surface area contributed by atoms with Gasteiger partial charge in [-0.25, -0.2) is 23.1 Å². The highest BCUT2D eigenvalue weighted by Gasteiger charge is 2.27. The predicted octanol–water partition coefficient (Wildman–Crippen LogP) is 3.56. The molecule has 2 N–H and O–H groups in total. The summed E-state index contributed by atoms with van der Waals surface area (Å²) in [5.41, 5.74) is 2.49. The van der Waals surface area contributed by atoms with E-state index in [-0.39, 0.29) is 22.8 Å². The maximum absolute atomic E-state index is 12.8. The lowest BCUT2D eigenvalue weighted by Gasteiger charge is -2.31. The van der Waals surface area contributed by atoms with Gasteiger partial charge in [0.2, 0.25) is 21.9 Å². The number of anilines is 2. The van der Waals surface area contributed by atoms with E-state index < -0.39 is 10.0 Å². The zero-order valence-corrected chi connectivity index (χ0v) is 20.2. The van der Waals surface area contributed by atoms with Crippen molar-refractivity contribution in [3.63, 3.8) is 0 Å². The highest BCUT2D eigenvalue weighted by atomic mass is 32.2. The summed E-state index contributed by atoms with van der Waals surface area (Å²) in [6.45, 7) is 5.37. The molecule has 4 rings (SSSR count). The number of aryl methyl sites for hydroxylation is 2. The second kappa shape index (κ2) is 10.2. The van der Waals surface area contributed by atoms with Gasteiger partial charge in [-0.15, -0.1) is 0 Å². The number of amides is 1. The number of aromatic nitrogens is 2. The van der Waals surface area contributed by atoms with Gasteiger partial charge in [-0.3, -0.25) is 4.79 Å². The molecule has 2 aromatic rings. The summed E-state index contributed by atoms with van der Waals surface area (Å²) in [4.78, 5) is 24.2. The molecule has 0 bridgehead atoms. The van der Waals surface area contributed by atoms with Gasteiger partial charge >= 0.3 is 0 Å². The number of carbonyl (C=O) groups is 1. The molecule has 1 amide bonds. The third-order valence-corrected chi connectivity index (χ3v) is 8.01. The lowest BCUT2D eigenvalue weighted by Crippen LogP contribution is -2.39. The first-order chi connectivity index (χ1) is 15.8. The Morgan fingerprint density at radius 2 is 1.55 bits per heavy atom. The SMILES string of the molecule is Cc1cc(C)nc(N2CCC(C(=O)Nc3ccc(S(=O)(=O)NC4CCCCC4)cc3)CC2)n1. The highest BCUT2D eigenvalue weighted by molar-refractivity contribution is 7.89. The van der Waals surface area contributed by atoms with Gasteiger partial charge < -0.3 is 10.2 Å². The van der Waals surface area contributed by atoms with E-state index in [4.69, 9.17) is 0 Å². The number of benzene rings is 1. The van der Waals surface area contributed by atoms with E-state index in [0.717, 1.165) is 69.0 Å². The van der Waals surface area contributed by atoms with E-state index in [1.807, 2.05) is 19.9 Å². The Labute approximate surface area is 196 Å². The van der Waals surface area contributed by atoms with Crippen LogP contribution in [-0.4, -0.2) is 43.4 Å². The Morgan fingerprint density at radius 3 is 2.15 bits per heavy atom. The maximum atomic E-state index is 12.8. The molecule has 2 aliphatic rings. The molecule has 2 fully saturated rings. The number of nitrogens with one attached hydrogen (secondary N) is 2. The summed E-state index contributed by atoms with van der Waals surface area (Å²) in [6.07, 6.45) is 6.53. The van der Waals surface area contributed by atoms with E-state index in [2.05, 4.69) is 24.9 Å². The van der Waals surface area contributed by atoms with Crippen molar-refractivity contribution in [3.8, 4) is 0 Å². The van der Waals surface area contributed by atoms with E-state index in [9.17, 15) is 13.2 Å². The van der Waals surface area contributed by atoms with Gasteiger partial charge in [0.1, 0.15) is 0 Å². The molecule has 1 saturated heterocycles. The average Bonchev–Trinajstić information content (AvgIpc) is 2.79. The molecule has 0 unspecified atom stereocenters. The maximum Gasteiger partial charge on any atom is 0.240 e. The van der Waals surface area contributed by atoms with Crippen molar-refractivity contribution in [2.45, 2.75) is 69.7 Å². The second-order valence-electron chi connectivity index (χ2n) is 9.18. The number of piperidine rings is 1. The smallest absolute Gasteiger partial charge is 0.240 e. The quantitative estimate of drug-likeness (QED) is 0.668. The van der Waals surface area contributed by atoms with Crippen molar-refractivity contribution in [1.82, 2.24) is 14.7 Å². The van der Waals surface area contributed by atoms with E-state index in [0.29, 0.717) is 5.69 Å². The minimum absolute atomic E-state index is 0.0168. The topological polar surface area (TPSA) is 104 Å². The van der Waals surface area contributed by atoms with Crippen LogP contribution in [0.3, 0.4) is 0 Å². The van der Waals surface area contributed by atoms with Crippen LogP contribution in [0.4, 0.5) is 11.6 Å². The lowest BCUT2D eigenvalue weighted by atomic mass is 9.96. The molecule has 0 spiro atoms. The normalized spacial score (nSPS) is 18.3. The van der Waals surface area contributed by atoms with Gasteiger partial charge in [-0.05, 0) is 69.9 Å². The first kappa shape index (κ1) is 23.6. The molecule has 33 heavy (non-hydrogen) atoms. The summed E-state index contributed by atoms with van der Waals surface area (Å²) in [6, 6.07) is 8.40. The molecule has 0 radical (unpaired) electrons. The molecule has 2 heterocycles. The molecule has 1 saturated carbocycles. The Hall–Kier alpha value is -2.52. The summed E-state index contributed by atoms with van der Waals surface area (Å²) in [5.74, 6) is 0.598. The van der Waals surface area contributed by atoms with E-state index in [1.54, 1.807) is 24.3 Å². The zero-order chi connectivity index (χ0) is 23.4. The van der Waals surface area contributed by atoms with Gasteiger partial charge in [-0.1, -0.05) is 19.3 Å². The summed E-state index contributed by atoms with van der Waals surface area (Å²) in [5, 5.41) is 2.94. The van der Waals surface area contributed by atoms with Gasteiger partial charge in [0.15, 0.2) is 0 Å². The Bertz CT molecular complexity index is 1050. The Balaban J connectivity index is 1.31. The van der Waals surface area contributed by atoms with Gasteiger partial charge in [0.05, 0.1) is 4.90 Å². The lowest BCUT2D eigenvalue weighted by molar-refractivity contribution is -0.120. The molecule has 8 nitrogen and oxygen atoms in total. The van der Waals surface area contributed by atoms with Crippen molar-refractivity contribution >= 4 is 27.6 Å². The van der Waals surface area contributed by atoms with Crippen LogP contribution in [0.1, 0.15) is 56.3 Å². The van der Waals surface area contributed by atoms with Crippen molar-refractivity contribution in [1.29, 1.82) is 0 Å². The second-order valence-corrected chi connectivity index (χ2v) is 10.9. The fourth-order valence-corrected chi connectivity index (χ4v) is 5.97. The third kappa shape index (κ3) is 6.09. The monoisotopic (exact) mass is 471 g/mol. The molecular formula is C24H33N5O3S. The van der Waals surface area contributed by atoms with Crippen LogP contribution in [0.15, 0.2) is 35.2 Å². The minimum Gasteiger partial charge on any atom is -0.341 e. The Morgan fingerprint density at radius 1 is 0.939 bits per heavy atom. The highest BCUT2D eigenvalue weighted by Crippen LogP contribution is 2.24. The average molecular weight is 472 g/mol. The van der Waals surface area contributed by atoms with Crippen molar-refractivity contribution in [3.05, 3.63) is 41.7 Å². The summed E-state index contributed by atoms with van der Waals surface area (Å²) in [7, 11) is -3.54. The third-order valence-electron chi connectivity index (χ3n) is 6.48. The van der Waals surface area contributed by atoms with E-state index in [1.165, 1.54) is 6.42 Å². The van der Waals surface area contributed by atoms with Crippen molar-refractivity contribution < 1.29 is 13.2 Å². The van der Waals surface area contributed by atoms with Crippen LogP contribution >= 0.6 is 0 Å². The van der Waals surface area contributed by atoms with Crippen LogP contribution in [0.25, 0.3) is 0 Å². The number of hydrogen-bond donors (Lipinski definition) is 2. The van der Waals surface area contributed by atoms with Crippen LogP contribution in [0, 0.1) is 19.8 Å². The summed E-state index contributed by atoms with van der Waals surface area (Å²) < 4.78 is 28.1. The van der Waals surface area contributed by atoms with Crippen molar-refractivity contribution in [2.75, 3.05) is 23.3 Å². The van der Waals surface area contributed by atoms with Crippen molar-refractivity contribution in [2.24, 2.45) is 5.92 Å². The summed E-state index contributed by atoms with van der Waals surface area (Å²) >= 11 is 0. The molecule has 1 aromatic carbocycles. The number of carbonyl (C=O) groups excluding carboxylic acids is 1. The molecule has 1 aromatic heterocycles. The predicted molar refractivity (Wildman–Crippen MR) is 129 cm³/mol. The number of rotatable bonds is 6. The first-order valence-electron chi connectivity index (χ1n) is 11.8. The van der Waals surface area contributed by atoms with Gasteiger partial charge in [-0.2, -0.15) is 0 Å². The van der Waals surface area contributed by atoms with Crippen LogP contribution in [-0.2, 0) is 14.8 Å². The zero-order valence-electron chi connectivity index (χ0n) is 19.4. The first-order valence-corrected chi connectivity index (χ1v) is 13.3. The van der Waals surface area contributed by atoms with Gasteiger partial charge in [0, 0.05) is 42.1 Å². The molecule has 178 valence electrons. The fourth-order valence-electron chi connectivity index (χ4n) is 4.66. The molecule has 0 atom stereocenters. The van der Waals surface area contributed by atoms with E-state index >= 15 is 0 Å². The standard InChI is InChI=1S/C24H33N5O3S/c1-17-16-18(2)26-24(25-17)29-14-12-19(13-15-29)23(30)27-20-8-10-22(11-9-20)33(31,32)28-21-6-4-3-5-7-21/h8-11,16,19,21,28H,3-7,12-15H2,1-2H3,(H,27,30). The molecule has 9 heteroatoms. The molecule has 1 aliphatic heterocycles. The van der Waals surface area contributed by atoms with Crippen LogP contribution in [0.5, 0.6) is 0 Å².